The van der Waals surface area contributed by atoms with E-state index in [1.165, 1.54) is 0 Å². The van der Waals surface area contributed by atoms with Crippen molar-refractivity contribution in [2.75, 3.05) is 6.61 Å². The fourth-order valence-corrected chi connectivity index (χ4v) is 4.52. The van der Waals surface area contributed by atoms with E-state index in [0.717, 1.165) is 28.7 Å². The summed E-state index contributed by atoms with van der Waals surface area (Å²) in [4.78, 5) is 36.6. The second kappa shape index (κ2) is 11.7. The minimum absolute atomic E-state index is 0.00174. The van der Waals surface area contributed by atoms with Crippen LogP contribution in [0.4, 0.5) is 4.79 Å². The summed E-state index contributed by atoms with van der Waals surface area (Å²) < 4.78 is 5.60. The predicted molar refractivity (Wildman–Crippen MR) is 131 cm³/mol. The Morgan fingerprint density at radius 3 is 2.09 bits per heavy atom. The second-order valence-electron chi connectivity index (χ2n) is 8.93. The van der Waals surface area contributed by atoms with E-state index < -0.39 is 30.1 Å². The number of carbonyl (C=O) groups excluding carboxylic acids is 2. The van der Waals surface area contributed by atoms with Gasteiger partial charge in [0.05, 0.1) is 0 Å². The highest BCUT2D eigenvalue weighted by atomic mass is 16.5. The number of aliphatic carboxylic acids is 1. The zero-order chi connectivity index (χ0) is 24.7. The van der Waals surface area contributed by atoms with Crippen LogP contribution in [-0.2, 0) is 14.3 Å². The molecule has 0 bridgehead atoms. The molecule has 0 spiro atoms. The van der Waals surface area contributed by atoms with Gasteiger partial charge in [0.2, 0.25) is 5.91 Å². The number of nitrogens with one attached hydrogen (secondary N) is 2. The third-order valence-electron chi connectivity index (χ3n) is 6.53. The van der Waals surface area contributed by atoms with Gasteiger partial charge in [-0.1, -0.05) is 82.1 Å². The molecule has 1 aliphatic rings. The molecule has 7 nitrogen and oxygen atoms in total. The van der Waals surface area contributed by atoms with Gasteiger partial charge in [-0.2, -0.15) is 0 Å². The molecule has 0 heterocycles. The molecule has 0 aromatic heterocycles. The Kier molecular flexibility index (Phi) is 8.68. The van der Waals surface area contributed by atoms with Crippen LogP contribution in [0.25, 0.3) is 11.1 Å². The second-order valence-corrected chi connectivity index (χ2v) is 8.93. The first-order valence-corrected chi connectivity index (χ1v) is 12.0. The van der Waals surface area contributed by atoms with Crippen molar-refractivity contribution in [3.8, 4) is 11.1 Å². The molecule has 182 valence electrons. The van der Waals surface area contributed by atoms with Gasteiger partial charge in [0.1, 0.15) is 12.6 Å². The van der Waals surface area contributed by atoms with E-state index in [4.69, 9.17) is 4.74 Å². The van der Waals surface area contributed by atoms with Crippen molar-refractivity contribution in [1.82, 2.24) is 10.6 Å². The summed E-state index contributed by atoms with van der Waals surface area (Å²) in [6.45, 7) is 5.83. The fourth-order valence-electron chi connectivity index (χ4n) is 4.52. The number of amides is 2. The number of hydrogen-bond donors (Lipinski definition) is 3. The number of carbonyl (C=O) groups is 3. The van der Waals surface area contributed by atoms with Crippen LogP contribution in [0.1, 0.15) is 63.5 Å². The summed E-state index contributed by atoms with van der Waals surface area (Å²) in [6, 6.07) is 14.9. The molecule has 3 N–H and O–H groups in total. The molecule has 7 heteroatoms. The lowest BCUT2D eigenvalue weighted by Crippen LogP contribution is -2.47. The molecule has 3 atom stereocenters. The lowest BCUT2D eigenvalue weighted by atomic mass is 9.98. The molecular formula is C27H34N2O5. The standard InChI is InChI=1S/C27H34N2O5/c1-4-10-18(15-24(30)29-25(26(31)32)17(3)5-2)28-27(33)34-16-23-21-13-8-6-11-19(21)20-12-7-9-14-22(20)23/h6-9,11-14,17-18,23,25H,4-5,10,15-16H2,1-3H3,(H,28,33)(H,29,30)(H,31,32)/t17?,18-,25?/m0/s1. The predicted octanol–water partition coefficient (Wildman–Crippen LogP) is 4.70. The molecule has 2 unspecified atom stereocenters. The number of hydrogen-bond acceptors (Lipinski definition) is 4. The quantitative estimate of drug-likeness (QED) is 0.445. The molecule has 0 fully saturated rings. The van der Waals surface area contributed by atoms with Gasteiger partial charge in [-0.05, 0) is 34.6 Å². The third kappa shape index (κ3) is 5.95. The van der Waals surface area contributed by atoms with Gasteiger partial charge in [0.15, 0.2) is 0 Å². The van der Waals surface area contributed by atoms with E-state index in [-0.39, 0.29) is 24.9 Å². The molecule has 0 radical (unpaired) electrons. The van der Waals surface area contributed by atoms with Gasteiger partial charge in [-0.15, -0.1) is 0 Å². The number of rotatable bonds is 11. The molecule has 0 aliphatic heterocycles. The lowest BCUT2D eigenvalue weighted by Gasteiger charge is -2.23. The smallest absolute Gasteiger partial charge is 0.407 e. The molecule has 0 saturated carbocycles. The maximum absolute atomic E-state index is 12.6. The average Bonchev–Trinajstić information content (AvgIpc) is 3.14. The summed E-state index contributed by atoms with van der Waals surface area (Å²) in [5, 5.41) is 14.8. The molecule has 1 aliphatic carbocycles. The summed E-state index contributed by atoms with van der Waals surface area (Å²) in [6.07, 6.45) is 1.39. The number of carboxylic acid groups (broad SMARTS) is 1. The van der Waals surface area contributed by atoms with Crippen molar-refractivity contribution in [2.24, 2.45) is 5.92 Å². The normalized spacial score (nSPS) is 14.9. The van der Waals surface area contributed by atoms with E-state index in [1.54, 1.807) is 6.92 Å². The van der Waals surface area contributed by atoms with Crippen LogP contribution < -0.4 is 10.6 Å². The maximum atomic E-state index is 12.6. The first-order valence-electron chi connectivity index (χ1n) is 12.0. The van der Waals surface area contributed by atoms with Gasteiger partial charge in [-0.3, -0.25) is 4.79 Å². The molecule has 2 amide bonds. The van der Waals surface area contributed by atoms with E-state index in [1.807, 2.05) is 38.1 Å². The topological polar surface area (TPSA) is 105 Å². The average molecular weight is 467 g/mol. The Bertz CT molecular complexity index is 976. The van der Waals surface area contributed by atoms with Crippen LogP contribution in [0.3, 0.4) is 0 Å². The zero-order valence-electron chi connectivity index (χ0n) is 20.0. The van der Waals surface area contributed by atoms with Crippen LogP contribution >= 0.6 is 0 Å². The Balaban J connectivity index is 1.59. The number of carboxylic acids is 1. The number of alkyl carbamates (subject to hydrolysis) is 1. The first-order chi connectivity index (χ1) is 16.3. The first kappa shape index (κ1) is 25.3. The number of fused-ring (bicyclic) bond motifs is 3. The van der Waals surface area contributed by atoms with E-state index in [9.17, 15) is 19.5 Å². The van der Waals surface area contributed by atoms with Gasteiger partial charge >= 0.3 is 12.1 Å². The van der Waals surface area contributed by atoms with Crippen molar-refractivity contribution in [3.05, 3.63) is 59.7 Å². The third-order valence-corrected chi connectivity index (χ3v) is 6.53. The Labute approximate surface area is 200 Å². The molecular weight excluding hydrogens is 432 g/mol. The molecule has 3 rings (SSSR count). The Hall–Kier alpha value is -3.35. The van der Waals surface area contributed by atoms with Crippen LogP contribution in [0.5, 0.6) is 0 Å². The summed E-state index contributed by atoms with van der Waals surface area (Å²) in [7, 11) is 0. The summed E-state index contributed by atoms with van der Waals surface area (Å²) in [5.41, 5.74) is 4.57. The van der Waals surface area contributed by atoms with Crippen molar-refractivity contribution in [3.63, 3.8) is 0 Å². The van der Waals surface area contributed by atoms with Crippen molar-refractivity contribution >= 4 is 18.0 Å². The Morgan fingerprint density at radius 2 is 1.56 bits per heavy atom. The highest BCUT2D eigenvalue weighted by Crippen LogP contribution is 2.44. The van der Waals surface area contributed by atoms with Crippen LogP contribution in [0.15, 0.2) is 48.5 Å². The SMILES string of the molecule is CCC[C@@H](CC(=O)NC(C(=O)O)C(C)CC)NC(=O)OCC1c2ccccc2-c2ccccc21. The van der Waals surface area contributed by atoms with Crippen molar-refractivity contribution < 1.29 is 24.2 Å². The molecule has 34 heavy (non-hydrogen) atoms. The maximum Gasteiger partial charge on any atom is 0.407 e. The van der Waals surface area contributed by atoms with Gasteiger partial charge in [0, 0.05) is 18.4 Å². The largest absolute Gasteiger partial charge is 0.480 e. The molecule has 2 aromatic carbocycles. The highest BCUT2D eigenvalue weighted by molar-refractivity contribution is 5.84. The van der Waals surface area contributed by atoms with E-state index in [2.05, 4.69) is 34.9 Å². The molecule has 2 aromatic rings. The van der Waals surface area contributed by atoms with E-state index in [0.29, 0.717) is 12.8 Å². The summed E-state index contributed by atoms with van der Waals surface area (Å²) >= 11 is 0. The monoisotopic (exact) mass is 466 g/mol. The lowest BCUT2D eigenvalue weighted by molar-refractivity contribution is -0.143. The van der Waals surface area contributed by atoms with Gasteiger partial charge < -0.3 is 20.5 Å². The van der Waals surface area contributed by atoms with Crippen LogP contribution in [0.2, 0.25) is 0 Å². The van der Waals surface area contributed by atoms with Gasteiger partial charge in [0.25, 0.3) is 0 Å². The molecule has 0 saturated heterocycles. The Morgan fingerprint density at radius 1 is 0.971 bits per heavy atom. The van der Waals surface area contributed by atoms with E-state index >= 15 is 0 Å². The fraction of sp³-hybridized carbons (Fsp3) is 0.444. The van der Waals surface area contributed by atoms with Crippen molar-refractivity contribution in [1.29, 1.82) is 0 Å². The van der Waals surface area contributed by atoms with Crippen LogP contribution in [-0.4, -0.2) is 41.8 Å². The number of benzene rings is 2. The minimum atomic E-state index is -1.06. The summed E-state index contributed by atoms with van der Waals surface area (Å²) in [5.74, 6) is -1.69. The minimum Gasteiger partial charge on any atom is -0.480 e. The number of ether oxygens (including phenoxy) is 1. The highest BCUT2D eigenvalue weighted by Gasteiger charge is 2.30. The van der Waals surface area contributed by atoms with Crippen molar-refractivity contribution in [2.45, 2.75) is 64.5 Å². The van der Waals surface area contributed by atoms with Crippen LogP contribution in [0, 0.1) is 5.92 Å². The zero-order valence-corrected chi connectivity index (χ0v) is 20.0. The van der Waals surface area contributed by atoms with Gasteiger partial charge in [-0.25, -0.2) is 9.59 Å².